The Morgan fingerprint density at radius 2 is 2.06 bits per heavy atom. The average Bonchev–Trinajstić information content (AvgIpc) is 2.62. The number of hydrogen-bond acceptors (Lipinski definition) is 1. The lowest BCUT2D eigenvalue weighted by Gasteiger charge is -2.20. The van der Waals surface area contributed by atoms with Crippen LogP contribution in [0.1, 0.15) is 39.2 Å². The van der Waals surface area contributed by atoms with Crippen LogP contribution in [0.2, 0.25) is 0 Å². The molecule has 17 heavy (non-hydrogen) atoms. The molecule has 2 rings (SSSR count). The van der Waals surface area contributed by atoms with Crippen molar-refractivity contribution in [1.82, 2.24) is 0 Å². The van der Waals surface area contributed by atoms with Gasteiger partial charge in [-0.2, -0.15) is 0 Å². The molecule has 1 saturated heterocycles. The first-order valence-electron chi connectivity index (χ1n) is 6.35. The summed E-state index contributed by atoms with van der Waals surface area (Å²) in [5.41, 5.74) is 2.66. The number of amides is 1. The van der Waals surface area contributed by atoms with E-state index >= 15 is 0 Å². The van der Waals surface area contributed by atoms with Crippen LogP contribution in [0.25, 0.3) is 0 Å². The number of nitrogens with zero attached hydrogens (tertiary/aromatic N) is 1. The SMILES string of the molecule is CC(C)(C)Cc1cccc(N2CCCC2=O)c1. The van der Waals surface area contributed by atoms with Gasteiger partial charge in [0.2, 0.25) is 5.91 Å². The second-order valence-electron chi connectivity index (χ2n) is 6.06. The molecule has 0 radical (unpaired) electrons. The molecule has 0 N–H and O–H groups in total. The van der Waals surface area contributed by atoms with Crippen molar-refractivity contribution in [3.05, 3.63) is 29.8 Å². The fraction of sp³-hybridized carbons (Fsp3) is 0.533. The Labute approximate surface area is 104 Å². The van der Waals surface area contributed by atoms with E-state index in [0.29, 0.717) is 6.42 Å². The van der Waals surface area contributed by atoms with Crippen molar-refractivity contribution in [3.63, 3.8) is 0 Å². The molecule has 0 aliphatic carbocycles. The van der Waals surface area contributed by atoms with E-state index in [1.807, 2.05) is 11.0 Å². The van der Waals surface area contributed by atoms with Crippen molar-refractivity contribution in [1.29, 1.82) is 0 Å². The summed E-state index contributed by atoms with van der Waals surface area (Å²) in [7, 11) is 0. The van der Waals surface area contributed by atoms with Crippen LogP contribution in [0.5, 0.6) is 0 Å². The monoisotopic (exact) mass is 231 g/mol. The van der Waals surface area contributed by atoms with Crippen LogP contribution in [0, 0.1) is 5.41 Å². The summed E-state index contributed by atoms with van der Waals surface area (Å²) in [6.07, 6.45) is 2.73. The van der Waals surface area contributed by atoms with E-state index in [0.717, 1.165) is 25.1 Å². The van der Waals surface area contributed by atoms with E-state index in [2.05, 4.69) is 39.0 Å². The molecule has 0 unspecified atom stereocenters. The predicted molar refractivity (Wildman–Crippen MR) is 71.2 cm³/mol. The minimum Gasteiger partial charge on any atom is -0.312 e. The standard InChI is InChI=1S/C15H21NO/c1-15(2,3)11-12-6-4-7-13(10-12)16-9-5-8-14(16)17/h4,6-7,10H,5,8-9,11H2,1-3H3. The Balaban J connectivity index is 2.19. The molecule has 1 aliphatic rings. The zero-order valence-corrected chi connectivity index (χ0v) is 11.0. The van der Waals surface area contributed by atoms with Crippen LogP contribution in [-0.2, 0) is 11.2 Å². The molecule has 0 aromatic heterocycles. The topological polar surface area (TPSA) is 20.3 Å². The third-order valence-electron chi connectivity index (χ3n) is 3.03. The van der Waals surface area contributed by atoms with Gasteiger partial charge in [-0.3, -0.25) is 4.79 Å². The number of carbonyl (C=O) groups excluding carboxylic acids is 1. The maximum atomic E-state index is 11.7. The van der Waals surface area contributed by atoms with Crippen molar-refractivity contribution < 1.29 is 4.79 Å². The first-order chi connectivity index (χ1) is 7.96. The van der Waals surface area contributed by atoms with E-state index in [4.69, 9.17) is 0 Å². The summed E-state index contributed by atoms with van der Waals surface area (Å²) >= 11 is 0. The van der Waals surface area contributed by atoms with Gasteiger partial charge in [-0.15, -0.1) is 0 Å². The third kappa shape index (κ3) is 3.09. The van der Waals surface area contributed by atoms with Crippen LogP contribution in [-0.4, -0.2) is 12.5 Å². The van der Waals surface area contributed by atoms with E-state index in [9.17, 15) is 4.79 Å². The maximum Gasteiger partial charge on any atom is 0.227 e. The van der Waals surface area contributed by atoms with E-state index < -0.39 is 0 Å². The number of rotatable bonds is 2. The van der Waals surface area contributed by atoms with Gasteiger partial charge in [-0.1, -0.05) is 32.9 Å². The molecule has 0 atom stereocenters. The molecular formula is C15H21NO. The number of carbonyl (C=O) groups is 1. The van der Waals surface area contributed by atoms with Crippen molar-refractivity contribution in [3.8, 4) is 0 Å². The van der Waals surface area contributed by atoms with Gasteiger partial charge in [-0.05, 0) is 36.0 Å². The van der Waals surface area contributed by atoms with Gasteiger partial charge in [0.15, 0.2) is 0 Å². The molecule has 1 amide bonds. The number of anilines is 1. The van der Waals surface area contributed by atoms with Gasteiger partial charge < -0.3 is 4.90 Å². The summed E-state index contributed by atoms with van der Waals surface area (Å²) in [5.74, 6) is 0.262. The minimum absolute atomic E-state index is 0.262. The quantitative estimate of drug-likeness (QED) is 0.764. The normalized spacial score (nSPS) is 16.6. The summed E-state index contributed by atoms with van der Waals surface area (Å²) in [6.45, 7) is 7.58. The Morgan fingerprint density at radius 3 is 2.65 bits per heavy atom. The highest BCUT2D eigenvalue weighted by Crippen LogP contribution is 2.26. The zero-order chi connectivity index (χ0) is 12.5. The van der Waals surface area contributed by atoms with Crippen LogP contribution >= 0.6 is 0 Å². The highest BCUT2D eigenvalue weighted by Gasteiger charge is 2.22. The zero-order valence-electron chi connectivity index (χ0n) is 11.0. The lowest BCUT2D eigenvalue weighted by atomic mass is 9.88. The van der Waals surface area contributed by atoms with Gasteiger partial charge in [0.25, 0.3) is 0 Å². The molecule has 0 bridgehead atoms. The predicted octanol–water partition coefficient (Wildman–Crippen LogP) is 3.40. The van der Waals surface area contributed by atoms with Gasteiger partial charge in [0.05, 0.1) is 0 Å². The van der Waals surface area contributed by atoms with Gasteiger partial charge in [-0.25, -0.2) is 0 Å². The van der Waals surface area contributed by atoms with E-state index in [-0.39, 0.29) is 11.3 Å². The molecule has 1 aromatic carbocycles. The summed E-state index contributed by atoms with van der Waals surface area (Å²) in [4.78, 5) is 13.6. The van der Waals surface area contributed by atoms with Crippen molar-refractivity contribution >= 4 is 11.6 Å². The highest BCUT2D eigenvalue weighted by atomic mass is 16.2. The molecule has 2 nitrogen and oxygen atoms in total. The Kier molecular flexibility index (Phi) is 3.23. The molecule has 92 valence electrons. The maximum absolute atomic E-state index is 11.7. The van der Waals surface area contributed by atoms with Crippen LogP contribution in [0.4, 0.5) is 5.69 Å². The first kappa shape index (κ1) is 12.2. The molecular weight excluding hydrogens is 210 g/mol. The molecule has 0 saturated carbocycles. The van der Waals surface area contributed by atoms with Crippen molar-refractivity contribution in [2.75, 3.05) is 11.4 Å². The minimum atomic E-state index is 0.262. The fourth-order valence-electron chi connectivity index (χ4n) is 2.37. The molecule has 0 spiro atoms. The highest BCUT2D eigenvalue weighted by molar-refractivity contribution is 5.95. The Morgan fingerprint density at radius 1 is 1.29 bits per heavy atom. The van der Waals surface area contributed by atoms with Gasteiger partial charge in [0, 0.05) is 18.7 Å². The van der Waals surface area contributed by atoms with Gasteiger partial charge >= 0.3 is 0 Å². The fourth-order valence-corrected chi connectivity index (χ4v) is 2.37. The Hall–Kier alpha value is -1.31. The van der Waals surface area contributed by atoms with E-state index in [1.165, 1.54) is 5.56 Å². The second kappa shape index (κ2) is 4.52. The van der Waals surface area contributed by atoms with E-state index in [1.54, 1.807) is 0 Å². The first-order valence-corrected chi connectivity index (χ1v) is 6.35. The van der Waals surface area contributed by atoms with Crippen LogP contribution < -0.4 is 4.90 Å². The number of benzene rings is 1. The largest absolute Gasteiger partial charge is 0.312 e. The number of hydrogen-bond donors (Lipinski definition) is 0. The molecule has 1 fully saturated rings. The van der Waals surface area contributed by atoms with Crippen molar-refractivity contribution in [2.24, 2.45) is 5.41 Å². The van der Waals surface area contributed by atoms with Crippen LogP contribution in [0.3, 0.4) is 0 Å². The lowest BCUT2D eigenvalue weighted by Crippen LogP contribution is -2.23. The summed E-state index contributed by atoms with van der Waals surface area (Å²) in [6, 6.07) is 8.40. The molecule has 1 heterocycles. The summed E-state index contributed by atoms with van der Waals surface area (Å²) in [5, 5.41) is 0. The molecule has 1 aliphatic heterocycles. The Bertz CT molecular complexity index is 417. The smallest absolute Gasteiger partial charge is 0.227 e. The molecule has 1 aromatic rings. The summed E-state index contributed by atoms with van der Waals surface area (Å²) < 4.78 is 0. The van der Waals surface area contributed by atoms with Crippen LogP contribution in [0.15, 0.2) is 24.3 Å². The third-order valence-corrected chi connectivity index (χ3v) is 3.03. The lowest BCUT2D eigenvalue weighted by molar-refractivity contribution is -0.117. The average molecular weight is 231 g/mol. The second-order valence-corrected chi connectivity index (χ2v) is 6.06. The van der Waals surface area contributed by atoms with Crippen molar-refractivity contribution in [2.45, 2.75) is 40.0 Å². The van der Waals surface area contributed by atoms with Gasteiger partial charge in [0.1, 0.15) is 0 Å². The molecule has 2 heteroatoms.